The standard InChI is InChI=1S/C32H30N4O7S2/c37-22(34-12-2-1-3-13-34)15-43-19-10-4-16(5-11-19)23-24-20-14-21(27(24)44-29-28(23)45-32(40)33-29)26-25(20)30(38)35(31(26)39)17-6-8-18(9-7-17)36(41)42/h4-11,20-21,23-27H,1-3,12-15H2,(H,33,40)/t20-,21-,23-,24?,25?,26?,27?/m1/s1. The zero-order valence-corrected chi connectivity index (χ0v) is 25.8. The number of anilines is 1. The zero-order valence-electron chi connectivity index (χ0n) is 24.1. The van der Waals surface area contributed by atoms with Crippen LogP contribution in [-0.4, -0.2) is 57.5 Å². The molecule has 11 nitrogen and oxygen atoms in total. The van der Waals surface area contributed by atoms with Crippen molar-refractivity contribution in [2.24, 2.45) is 29.6 Å². The van der Waals surface area contributed by atoms with Crippen LogP contribution in [0.15, 0.2) is 58.4 Å². The summed E-state index contributed by atoms with van der Waals surface area (Å²) < 4.78 is 5.86. The number of piperidine rings is 1. The van der Waals surface area contributed by atoms with Gasteiger partial charge in [-0.05, 0) is 73.3 Å². The fourth-order valence-electron chi connectivity index (χ4n) is 8.52. The Morgan fingerprint density at radius 3 is 2.33 bits per heavy atom. The van der Waals surface area contributed by atoms with Gasteiger partial charge in [0.25, 0.3) is 11.6 Å². The highest BCUT2D eigenvalue weighted by Crippen LogP contribution is 2.68. The van der Waals surface area contributed by atoms with E-state index in [1.165, 1.54) is 40.5 Å². The van der Waals surface area contributed by atoms with E-state index >= 15 is 0 Å². The number of benzene rings is 2. The van der Waals surface area contributed by atoms with E-state index in [2.05, 4.69) is 4.98 Å². The van der Waals surface area contributed by atoms with Crippen LogP contribution in [0.4, 0.5) is 11.4 Å². The number of likely N-dealkylation sites (tertiary alicyclic amines) is 1. The van der Waals surface area contributed by atoms with Crippen LogP contribution in [-0.2, 0) is 14.4 Å². The number of aromatic amines is 1. The first-order valence-electron chi connectivity index (χ1n) is 15.3. The molecule has 13 heteroatoms. The Labute approximate surface area is 266 Å². The van der Waals surface area contributed by atoms with E-state index in [-0.39, 0.29) is 63.8 Å². The molecule has 7 atom stereocenters. The summed E-state index contributed by atoms with van der Waals surface area (Å²) >= 11 is 2.82. The number of hydrogen-bond donors (Lipinski definition) is 1. The number of carbonyl (C=O) groups is 3. The van der Waals surface area contributed by atoms with Crippen LogP contribution in [0.1, 0.15) is 42.0 Å². The van der Waals surface area contributed by atoms with Crippen LogP contribution in [0.25, 0.3) is 0 Å². The normalized spacial score (nSPS) is 29.8. The predicted molar refractivity (Wildman–Crippen MR) is 166 cm³/mol. The number of amides is 3. The van der Waals surface area contributed by atoms with Crippen LogP contribution in [0.5, 0.6) is 5.75 Å². The fourth-order valence-corrected chi connectivity index (χ4v) is 11.4. The van der Waals surface area contributed by atoms with Crippen molar-refractivity contribution in [3.05, 3.63) is 78.8 Å². The molecule has 0 spiro atoms. The third-order valence-corrected chi connectivity index (χ3v) is 12.9. The Kier molecular flexibility index (Phi) is 6.86. The third kappa shape index (κ3) is 4.53. The number of fused-ring (bicyclic) bond motifs is 9. The lowest BCUT2D eigenvalue weighted by Crippen LogP contribution is -2.42. The van der Waals surface area contributed by atoms with Gasteiger partial charge >= 0.3 is 4.87 Å². The molecular weight excluding hydrogens is 617 g/mol. The van der Waals surface area contributed by atoms with Crippen LogP contribution < -0.4 is 14.5 Å². The Bertz CT molecular complexity index is 1760. The first-order valence-corrected chi connectivity index (χ1v) is 17.0. The number of imide groups is 1. The van der Waals surface area contributed by atoms with E-state index in [0.717, 1.165) is 54.2 Å². The highest BCUT2D eigenvalue weighted by molar-refractivity contribution is 8.00. The van der Waals surface area contributed by atoms with Gasteiger partial charge in [-0.1, -0.05) is 23.5 Å². The summed E-state index contributed by atoms with van der Waals surface area (Å²) in [6.45, 7) is 1.53. The van der Waals surface area contributed by atoms with Crippen molar-refractivity contribution in [2.75, 3.05) is 24.6 Å². The number of nitro groups is 1. The molecule has 3 amide bonds. The number of thiazole rings is 1. The monoisotopic (exact) mass is 646 g/mol. The zero-order chi connectivity index (χ0) is 31.0. The smallest absolute Gasteiger partial charge is 0.305 e. The number of aromatic nitrogens is 1. The maximum absolute atomic E-state index is 13.9. The average molecular weight is 647 g/mol. The van der Waals surface area contributed by atoms with Crippen LogP contribution in [0.3, 0.4) is 0 Å². The summed E-state index contributed by atoms with van der Waals surface area (Å²) in [5.41, 5.74) is 1.26. The van der Waals surface area contributed by atoms with Gasteiger partial charge in [0, 0.05) is 41.3 Å². The molecule has 2 aromatic carbocycles. The minimum Gasteiger partial charge on any atom is -0.484 e. The number of rotatable bonds is 6. The van der Waals surface area contributed by atoms with E-state index in [9.17, 15) is 29.3 Å². The minimum absolute atomic E-state index is 0.0113. The highest BCUT2D eigenvalue weighted by Gasteiger charge is 2.69. The summed E-state index contributed by atoms with van der Waals surface area (Å²) in [4.78, 5) is 70.5. The number of hydrogen-bond acceptors (Lipinski definition) is 9. The molecule has 2 bridgehead atoms. The number of nitro benzene ring substituents is 1. The van der Waals surface area contributed by atoms with Crippen molar-refractivity contribution in [1.29, 1.82) is 0 Å². The largest absolute Gasteiger partial charge is 0.484 e. The molecule has 3 aliphatic heterocycles. The molecule has 2 saturated carbocycles. The van der Waals surface area contributed by atoms with Crippen molar-refractivity contribution in [1.82, 2.24) is 9.88 Å². The van der Waals surface area contributed by atoms with Gasteiger partial charge in [0.05, 0.1) is 27.5 Å². The van der Waals surface area contributed by atoms with Gasteiger partial charge in [-0.25, -0.2) is 0 Å². The predicted octanol–water partition coefficient (Wildman–Crippen LogP) is 4.41. The lowest BCUT2D eigenvalue weighted by molar-refractivity contribution is -0.384. The van der Waals surface area contributed by atoms with Gasteiger partial charge in [0.15, 0.2) is 6.61 Å². The first-order chi connectivity index (χ1) is 21.8. The van der Waals surface area contributed by atoms with Crippen LogP contribution in [0, 0.1) is 39.7 Å². The first kappa shape index (κ1) is 28.5. The molecule has 8 rings (SSSR count). The number of nitrogens with one attached hydrogen (secondary N) is 1. The van der Waals surface area contributed by atoms with Gasteiger partial charge < -0.3 is 14.6 Å². The summed E-state index contributed by atoms with van der Waals surface area (Å²) in [5, 5.41) is 12.0. The second kappa shape index (κ2) is 10.8. The van der Waals surface area contributed by atoms with Crippen molar-refractivity contribution in [2.45, 2.75) is 41.9 Å². The number of thioether (sulfide) groups is 1. The molecule has 45 heavy (non-hydrogen) atoms. The van der Waals surface area contributed by atoms with Crippen molar-refractivity contribution in [3.63, 3.8) is 0 Å². The van der Waals surface area contributed by atoms with Crippen LogP contribution in [0.2, 0.25) is 0 Å². The molecule has 3 aromatic rings. The minimum atomic E-state index is -0.509. The number of non-ortho nitro benzene ring substituents is 1. The van der Waals surface area contributed by atoms with E-state index < -0.39 is 16.8 Å². The average Bonchev–Trinajstić information content (AvgIpc) is 3.79. The third-order valence-electron chi connectivity index (χ3n) is 10.4. The molecule has 4 unspecified atom stereocenters. The molecule has 232 valence electrons. The van der Waals surface area contributed by atoms with Crippen molar-refractivity contribution < 1.29 is 24.0 Å². The van der Waals surface area contributed by atoms with Crippen molar-refractivity contribution in [3.8, 4) is 5.75 Å². The number of H-pyrrole nitrogens is 1. The second-order valence-electron chi connectivity index (χ2n) is 12.5. The summed E-state index contributed by atoms with van der Waals surface area (Å²) in [7, 11) is 0. The number of nitrogens with zero attached hydrogens (tertiary/aromatic N) is 3. The molecule has 0 radical (unpaired) electrons. The molecular formula is C32H30N4O7S2. The maximum Gasteiger partial charge on any atom is 0.305 e. The molecule has 1 N–H and O–H groups in total. The molecule has 4 fully saturated rings. The van der Waals surface area contributed by atoms with Gasteiger partial charge in [0.1, 0.15) is 5.75 Å². The Morgan fingerprint density at radius 2 is 1.64 bits per heavy atom. The molecule has 2 aliphatic carbocycles. The van der Waals surface area contributed by atoms with Gasteiger partial charge in [-0.3, -0.25) is 34.2 Å². The Morgan fingerprint density at radius 1 is 0.956 bits per heavy atom. The maximum atomic E-state index is 13.9. The van der Waals surface area contributed by atoms with Gasteiger partial charge in [-0.15, -0.1) is 11.8 Å². The topological polar surface area (TPSA) is 143 Å². The Hall–Kier alpha value is -3.97. The second-order valence-corrected chi connectivity index (χ2v) is 14.7. The van der Waals surface area contributed by atoms with E-state index in [0.29, 0.717) is 11.4 Å². The summed E-state index contributed by atoms with van der Waals surface area (Å²) in [6.07, 6.45) is 3.96. The quantitative estimate of drug-likeness (QED) is 0.236. The number of carbonyl (C=O) groups excluding carboxylic acids is 3. The van der Waals surface area contributed by atoms with Gasteiger partial charge in [0.2, 0.25) is 11.8 Å². The lowest BCUT2D eigenvalue weighted by Gasteiger charge is -2.43. The van der Waals surface area contributed by atoms with Crippen LogP contribution >= 0.6 is 23.1 Å². The number of ether oxygens (including phenoxy) is 1. The van der Waals surface area contributed by atoms with E-state index in [1.807, 2.05) is 29.2 Å². The van der Waals surface area contributed by atoms with E-state index in [4.69, 9.17) is 4.74 Å². The lowest BCUT2D eigenvalue weighted by atomic mass is 9.68. The fraction of sp³-hybridized carbons (Fsp3) is 0.438. The Balaban J connectivity index is 1.07. The summed E-state index contributed by atoms with van der Waals surface area (Å²) in [5.74, 6) is -1.000. The molecule has 5 aliphatic rings. The molecule has 1 aromatic heterocycles. The molecule has 2 saturated heterocycles. The van der Waals surface area contributed by atoms with Crippen molar-refractivity contribution >= 4 is 52.2 Å². The SMILES string of the molecule is O=C(COc1ccc([C@H]2c3sc(=O)[nH]c3SC3C2[C@H]2C[C@@H]3C3C(=O)N(c4ccc([N+](=O)[O-])cc4)C(=O)C32)cc1)N1CCCCC1. The van der Waals surface area contributed by atoms with E-state index in [1.54, 1.807) is 11.8 Å². The highest BCUT2D eigenvalue weighted by atomic mass is 32.2. The molecule has 4 heterocycles. The van der Waals surface area contributed by atoms with Gasteiger partial charge in [-0.2, -0.15) is 0 Å². The summed E-state index contributed by atoms with van der Waals surface area (Å²) in [6, 6.07) is 13.3.